The van der Waals surface area contributed by atoms with Crippen molar-refractivity contribution in [3.63, 3.8) is 0 Å². The first kappa shape index (κ1) is 10.8. The highest BCUT2D eigenvalue weighted by Gasteiger charge is 2.07. The molecule has 78 valence electrons. The first-order chi connectivity index (χ1) is 7.06. The van der Waals surface area contributed by atoms with E-state index in [0.29, 0.717) is 20.2 Å². The molecule has 15 heavy (non-hydrogen) atoms. The molecular formula is C9H5BrCl2N2O. The van der Waals surface area contributed by atoms with E-state index in [4.69, 9.17) is 23.2 Å². The van der Waals surface area contributed by atoms with Crippen LogP contribution in [0.2, 0.25) is 10.0 Å². The lowest BCUT2D eigenvalue weighted by Crippen LogP contribution is -1.93. The molecule has 1 heterocycles. The number of halogens is 3. The maximum Gasteiger partial charge on any atom is 0.245 e. The number of hydrogen-bond acceptors (Lipinski definition) is 2. The van der Waals surface area contributed by atoms with E-state index < -0.39 is 0 Å². The molecule has 0 radical (unpaired) electrons. The lowest BCUT2D eigenvalue weighted by molar-refractivity contribution is 0.445. The quantitative estimate of drug-likeness (QED) is 0.873. The van der Waals surface area contributed by atoms with Crippen molar-refractivity contribution in [3.05, 3.63) is 38.9 Å². The minimum atomic E-state index is -0.0777. The monoisotopic (exact) mass is 306 g/mol. The Morgan fingerprint density at radius 1 is 1.20 bits per heavy atom. The second kappa shape index (κ2) is 4.04. The molecule has 0 saturated carbocycles. The summed E-state index contributed by atoms with van der Waals surface area (Å²) in [4.78, 5) is 0. The van der Waals surface area contributed by atoms with Crippen LogP contribution in [0.15, 0.2) is 28.9 Å². The first-order valence-electron chi connectivity index (χ1n) is 3.97. The maximum absolute atomic E-state index is 9.30. The molecule has 1 N–H and O–H groups in total. The van der Waals surface area contributed by atoms with Crippen molar-refractivity contribution >= 4 is 39.1 Å². The smallest absolute Gasteiger partial charge is 0.245 e. The summed E-state index contributed by atoms with van der Waals surface area (Å²) in [5.74, 6) is -0.0777. The molecule has 3 nitrogen and oxygen atoms in total. The highest BCUT2D eigenvalue weighted by molar-refractivity contribution is 9.10. The number of hydrogen-bond donors (Lipinski definition) is 1. The molecule has 2 aromatic rings. The molecule has 0 aliphatic carbocycles. The molecule has 0 atom stereocenters. The fraction of sp³-hybridized carbons (Fsp3) is 0. The van der Waals surface area contributed by atoms with Crippen molar-refractivity contribution in [2.45, 2.75) is 0 Å². The second-order valence-electron chi connectivity index (χ2n) is 2.87. The van der Waals surface area contributed by atoms with Gasteiger partial charge >= 0.3 is 0 Å². The Morgan fingerprint density at radius 2 is 1.80 bits per heavy atom. The minimum absolute atomic E-state index is 0.0777. The first-order valence-corrected chi connectivity index (χ1v) is 5.52. The Labute approximate surface area is 104 Å². The normalized spacial score (nSPS) is 10.6. The Balaban J connectivity index is 2.53. The van der Waals surface area contributed by atoms with E-state index in [0.717, 1.165) is 0 Å². The summed E-state index contributed by atoms with van der Waals surface area (Å²) < 4.78 is 2.00. The standard InChI is InChI=1S/C9H5BrCl2N2O/c10-8-4-14(13-9(8)15)7-2-5(11)1-6(12)3-7/h1-4H,(H,13,15). The van der Waals surface area contributed by atoms with Gasteiger partial charge in [-0.15, -0.1) is 5.10 Å². The largest absolute Gasteiger partial charge is 0.491 e. The molecule has 1 aromatic carbocycles. The van der Waals surface area contributed by atoms with E-state index in [1.165, 1.54) is 4.68 Å². The number of rotatable bonds is 1. The maximum atomic E-state index is 9.30. The predicted molar refractivity (Wildman–Crippen MR) is 62.9 cm³/mol. The van der Waals surface area contributed by atoms with Crippen molar-refractivity contribution < 1.29 is 5.11 Å². The summed E-state index contributed by atoms with van der Waals surface area (Å²) in [6.07, 6.45) is 1.62. The van der Waals surface area contributed by atoms with E-state index in [2.05, 4.69) is 21.0 Å². The molecule has 0 bridgehead atoms. The topological polar surface area (TPSA) is 38.1 Å². The zero-order valence-corrected chi connectivity index (χ0v) is 10.4. The third-order valence-corrected chi connectivity index (χ3v) is 2.76. The zero-order chi connectivity index (χ0) is 11.0. The van der Waals surface area contributed by atoms with Crippen LogP contribution in [0, 0.1) is 0 Å². The number of aromatic hydroxyl groups is 1. The second-order valence-corrected chi connectivity index (χ2v) is 4.60. The van der Waals surface area contributed by atoms with E-state index in [1.807, 2.05) is 0 Å². The van der Waals surface area contributed by atoms with Gasteiger partial charge in [-0.05, 0) is 34.1 Å². The molecule has 0 aliphatic heterocycles. The highest BCUT2D eigenvalue weighted by atomic mass is 79.9. The summed E-state index contributed by atoms with van der Waals surface area (Å²) in [6, 6.07) is 5.03. The van der Waals surface area contributed by atoms with Crippen molar-refractivity contribution in [1.29, 1.82) is 0 Å². The SMILES string of the molecule is Oc1nn(-c2cc(Cl)cc(Cl)c2)cc1Br. The van der Waals surface area contributed by atoms with Gasteiger partial charge in [-0.1, -0.05) is 23.2 Å². The molecule has 0 spiro atoms. The minimum Gasteiger partial charge on any atom is -0.491 e. The number of aromatic nitrogens is 2. The van der Waals surface area contributed by atoms with Crippen LogP contribution in [0.4, 0.5) is 0 Å². The van der Waals surface area contributed by atoms with Gasteiger partial charge in [-0.3, -0.25) is 0 Å². The van der Waals surface area contributed by atoms with Crippen LogP contribution in [-0.2, 0) is 0 Å². The predicted octanol–water partition coefficient (Wildman–Crippen LogP) is 3.65. The number of nitrogens with zero attached hydrogens (tertiary/aromatic N) is 2. The van der Waals surface area contributed by atoms with Crippen molar-refractivity contribution in [2.75, 3.05) is 0 Å². The average Bonchev–Trinajstić information content (AvgIpc) is 2.45. The van der Waals surface area contributed by atoms with Gasteiger partial charge in [0.15, 0.2) is 0 Å². The van der Waals surface area contributed by atoms with Gasteiger partial charge in [-0.2, -0.15) is 0 Å². The molecule has 6 heteroatoms. The summed E-state index contributed by atoms with van der Waals surface area (Å²) in [5, 5.41) is 14.2. The molecule has 2 rings (SSSR count). The molecule has 1 aromatic heterocycles. The van der Waals surface area contributed by atoms with Gasteiger partial charge in [-0.25, -0.2) is 4.68 Å². The summed E-state index contributed by atoms with van der Waals surface area (Å²) >= 11 is 14.8. The van der Waals surface area contributed by atoms with E-state index in [9.17, 15) is 5.11 Å². The Kier molecular flexibility index (Phi) is 2.91. The van der Waals surface area contributed by atoms with Crippen LogP contribution < -0.4 is 0 Å². The van der Waals surface area contributed by atoms with Crippen LogP contribution in [0.5, 0.6) is 5.88 Å². The Hall–Kier alpha value is -0.710. The molecule has 0 amide bonds. The fourth-order valence-corrected chi connectivity index (χ4v) is 1.94. The summed E-state index contributed by atoms with van der Waals surface area (Å²) in [6.45, 7) is 0. The molecule has 0 saturated heterocycles. The Bertz CT molecular complexity index is 473. The van der Waals surface area contributed by atoms with Crippen LogP contribution >= 0.6 is 39.1 Å². The Morgan fingerprint density at radius 3 is 2.27 bits per heavy atom. The van der Waals surface area contributed by atoms with Crippen LogP contribution in [0.25, 0.3) is 5.69 Å². The van der Waals surface area contributed by atoms with Crippen molar-refractivity contribution in [3.8, 4) is 11.6 Å². The summed E-state index contributed by atoms with van der Waals surface area (Å²) in [7, 11) is 0. The fourth-order valence-electron chi connectivity index (χ4n) is 1.15. The van der Waals surface area contributed by atoms with Crippen molar-refractivity contribution in [2.24, 2.45) is 0 Å². The van der Waals surface area contributed by atoms with E-state index in [1.54, 1.807) is 24.4 Å². The lowest BCUT2D eigenvalue weighted by atomic mass is 10.3. The van der Waals surface area contributed by atoms with Crippen LogP contribution in [-0.4, -0.2) is 14.9 Å². The summed E-state index contributed by atoms with van der Waals surface area (Å²) in [5.41, 5.74) is 0.688. The highest BCUT2D eigenvalue weighted by Crippen LogP contribution is 2.26. The van der Waals surface area contributed by atoms with E-state index in [-0.39, 0.29) is 5.88 Å². The number of benzene rings is 1. The third kappa shape index (κ3) is 2.27. The van der Waals surface area contributed by atoms with Crippen LogP contribution in [0.1, 0.15) is 0 Å². The average molecular weight is 308 g/mol. The van der Waals surface area contributed by atoms with Gasteiger partial charge in [0.2, 0.25) is 5.88 Å². The van der Waals surface area contributed by atoms with Gasteiger partial charge < -0.3 is 5.11 Å². The molecule has 0 aliphatic rings. The van der Waals surface area contributed by atoms with E-state index >= 15 is 0 Å². The van der Waals surface area contributed by atoms with Gasteiger partial charge in [0, 0.05) is 16.2 Å². The van der Waals surface area contributed by atoms with Crippen molar-refractivity contribution in [1.82, 2.24) is 9.78 Å². The zero-order valence-electron chi connectivity index (χ0n) is 7.28. The lowest BCUT2D eigenvalue weighted by Gasteiger charge is -2.02. The molecule has 0 unspecified atom stereocenters. The van der Waals surface area contributed by atoms with Gasteiger partial charge in [0.25, 0.3) is 0 Å². The molecule has 0 fully saturated rings. The third-order valence-electron chi connectivity index (χ3n) is 1.76. The molecular weight excluding hydrogens is 303 g/mol. The van der Waals surface area contributed by atoms with Gasteiger partial charge in [0.05, 0.1) is 10.2 Å². The van der Waals surface area contributed by atoms with Gasteiger partial charge in [0.1, 0.15) is 0 Å². The van der Waals surface area contributed by atoms with Crippen LogP contribution in [0.3, 0.4) is 0 Å².